The maximum absolute atomic E-state index is 13.2. The van der Waals surface area contributed by atoms with Gasteiger partial charge in [-0.1, -0.05) is 36.4 Å². The molecule has 3 aromatic rings. The Morgan fingerprint density at radius 1 is 1.23 bits per heavy atom. The molecule has 2 aromatic heterocycles. The second-order valence-electron chi connectivity index (χ2n) is 7.52. The van der Waals surface area contributed by atoms with E-state index in [4.69, 9.17) is 4.74 Å². The highest BCUT2D eigenvalue weighted by Gasteiger charge is 2.29. The summed E-state index contributed by atoms with van der Waals surface area (Å²) >= 11 is 1.42. The molecule has 1 atom stereocenters. The van der Waals surface area contributed by atoms with E-state index in [0.29, 0.717) is 24.5 Å². The fraction of sp³-hybridized carbons (Fsp3) is 0.292. The molecule has 0 saturated carbocycles. The normalized spacial score (nSPS) is 14.1. The van der Waals surface area contributed by atoms with E-state index in [1.165, 1.54) is 16.9 Å². The first-order chi connectivity index (χ1) is 15.1. The first-order valence-electron chi connectivity index (χ1n) is 10.2. The lowest BCUT2D eigenvalue weighted by molar-refractivity contribution is -0.143. The first-order valence-corrected chi connectivity index (χ1v) is 11.1. The van der Waals surface area contributed by atoms with Gasteiger partial charge in [0.15, 0.2) is 6.10 Å². The van der Waals surface area contributed by atoms with Crippen LogP contribution in [0.3, 0.4) is 0 Å². The second kappa shape index (κ2) is 9.41. The molecule has 160 valence electrons. The number of nitrogens with one attached hydrogen (secondary N) is 1. The van der Waals surface area contributed by atoms with Gasteiger partial charge in [0.05, 0.1) is 4.88 Å². The van der Waals surface area contributed by atoms with Crippen molar-refractivity contribution in [2.24, 2.45) is 0 Å². The Hall–Kier alpha value is -3.03. The number of carbonyl (C=O) groups excluding carboxylic acids is 2. The van der Waals surface area contributed by atoms with Gasteiger partial charge in [-0.05, 0) is 47.0 Å². The van der Waals surface area contributed by atoms with E-state index in [1.807, 2.05) is 65.9 Å². The molecule has 1 aliphatic heterocycles. The van der Waals surface area contributed by atoms with Crippen molar-refractivity contribution in [1.29, 1.82) is 0 Å². The lowest BCUT2D eigenvalue weighted by atomic mass is 9.94. The Kier molecular flexibility index (Phi) is 6.44. The number of carbonyl (C=O) groups is 2. The van der Waals surface area contributed by atoms with Crippen molar-refractivity contribution >= 4 is 23.2 Å². The highest BCUT2D eigenvalue weighted by Crippen LogP contribution is 2.27. The maximum Gasteiger partial charge on any atom is 0.261 e. The number of methoxy groups -OCH3 is 1. The molecule has 1 aliphatic rings. The molecule has 7 heteroatoms. The molecule has 0 fully saturated rings. The summed E-state index contributed by atoms with van der Waals surface area (Å²) in [6, 6.07) is 13.2. The predicted octanol–water partition coefficient (Wildman–Crippen LogP) is 3.65. The van der Waals surface area contributed by atoms with Crippen LogP contribution in [0.1, 0.15) is 43.7 Å². The van der Waals surface area contributed by atoms with E-state index in [2.05, 4.69) is 10.3 Å². The van der Waals surface area contributed by atoms with Crippen LogP contribution in [0.15, 0.2) is 54.0 Å². The zero-order valence-electron chi connectivity index (χ0n) is 17.6. The van der Waals surface area contributed by atoms with Crippen molar-refractivity contribution in [2.75, 3.05) is 13.7 Å². The Morgan fingerprint density at radius 2 is 2.03 bits per heavy atom. The van der Waals surface area contributed by atoms with Crippen molar-refractivity contribution < 1.29 is 14.3 Å². The Labute approximate surface area is 185 Å². The number of ether oxygens (including phenoxy) is 1. The molecule has 0 saturated heterocycles. The number of nitrogens with zero attached hydrogens (tertiary/aromatic N) is 2. The van der Waals surface area contributed by atoms with Crippen molar-refractivity contribution in [3.8, 4) is 0 Å². The van der Waals surface area contributed by atoms with Crippen LogP contribution in [0.5, 0.6) is 0 Å². The molecule has 0 spiro atoms. The monoisotopic (exact) mass is 435 g/mol. The number of pyridine rings is 1. The van der Waals surface area contributed by atoms with Crippen LogP contribution in [-0.4, -0.2) is 35.4 Å². The molecule has 31 heavy (non-hydrogen) atoms. The summed E-state index contributed by atoms with van der Waals surface area (Å²) in [4.78, 5) is 32.6. The highest BCUT2D eigenvalue weighted by atomic mass is 32.1. The number of thiophene rings is 1. The molecular formula is C24H25N3O3S. The first kappa shape index (κ1) is 21.2. The third-order valence-electron chi connectivity index (χ3n) is 5.64. The molecule has 0 radical (unpaired) electrons. The van der Waals surface area contributed by atoms with Crippen LogP contribution in [0.2, 0.25) is 0 Å². The summed E-state index contributed by atoms with van der Waals surface area (Å²) < 4.78 is 5.53. The van der Waals surface area contributed by atoms with E-state index in [-0.39, 0.29) is 11.8 Å². The minimum absolute atomic E-state index is 0.0486. The summed E-state index contributed by atoms with van der Waals surface area (Å²) in [7, 11) is 1.56. The number of hydrogen-bond donors (Lipinski definition) is 1. The largest absolute Gasteiger partial charge is 0.367 e. The molecule has 2 amide bonds. The molecular weight excluding hydrogens is 410 g/mol. The van der Waals surface area contributed by atoms with Gasteiger partial charge in [0.1, 0.15) is 0 Å². The SMILES string of the molecule is CO[C@@H](C(=O)N1CCc2c(cnc(C)c2CNC(=O)c2cccs2)C1)c1ccccc1. The number of amides is 2. The number of benzene rings is 1. The van der Waals surface area contributed by atoms with Crippen LogP contribution in [-0.2, 0) is 29.0 Å². The summed E-state index contributed by atoms with van der Waals surface area (Å²) in [5.74, 6) is -0.127. The molecule has 3 heterocycles. The molecule has 6 nitrogen and oxygen atoms in total. The van der Waals surface area contributed by atoms with Crippen LogP contribution in [0.25, 0.3) is 0 Å². The van der Waals surface area contributed by atoms with Gasteiger partial charge in [-0.2, -0.15) is 0 Å². The van der Waals surface area contributed by atoms with Crippen molar-refractivity contribution in [2.45, 2.75) is 32.5 Å². The Morgan fingerprint density at radius 3 is 2.74 bits per heavy atom. The van der Waals surface area contributed by atoms with Gasteiger partial charge in [-0.15, -0.1) is 11.3 Å². The predicted molar refractivity (Wildman–Crippen MR) is 120 cm³/mol. The van der Waals surface area contributed by atoms with Crippen LogP contribution >= 0.6 is 11.3 Å². The lowest BCUT2D eigenvalue weighted by Crippen LogP contribution is -2.40. The molecule has 1 N–H and O–H groups in total. The third kappa shape index (κ3) is 4.52. The van der Waals surface area contributed by atoms with Gasteiger partial charge in [0, 0.05) is 38.6 Å². The number of fused-ring (bicyclic) bond motifs is 1. The number of aromatic nitrogens is 1. The van der Waals surface area contributed by atoms with E-state index < -0.39 is 6.10 Å². The fourth-order valence-corrected chi connectivity index (χ4v) is 4.62. The summed E-state index contributed by atoms with van der Waals surface area (Å²) in [5.41, 5.74) is 5.00. The van der Waals surface area contributed by atoms with Crippen LogP contribution < -0.4 is 5.32 Å². The maximum atomic E-state index is 13.2. The zero-order chi connectivity index (χ0) is 21.8. The summed E-state index contributed by atoms with van der Waals surface area (Å²) in [6.07, 6.45) is 1.95. The van der Waals surface area contributed by atoms with Gasteiger partial charge in [0.25, 0.3) is 11.8 Å². The second-order valence-corrected chi connectivity index (χ2v) is 8.47. The Balaban J connectivity index is 1.50. The van der Waals surface area contributed by atoms with Crippen molar-refractivity contribution in [3.63, 3.8) is 0 Å². The lowest BCUT2D eigenvalue weighted by Gasteiger charge is -2.32. The fourth-order valence-electron chi connectivity index (χ4n) is 3.98. The van der Waals surface area contributed by atoms with Gasteiger partial charge in [-0.25, -0.2) is 0 Å². The number of aryl methyl sites for hydroxylation is 1. The topological polar surface area (TPSA) is 71.5 Å². The van der Waals surface area contributed by atoms with Gasteiger partial charge in [-0.3, -0.25) is 14.6 Å². The average Bonchev–Trinajstić information content (AvgIpc) is 3.34. The smallest absolute Gasteiger partial charge is 0.261 e. The minimum atomic E-state index is -0.620. The van der Waals surface area contributed by atoms with E-state index >= 15 is 0 Å². The van der Waals surface area contributed by atoms with Gasteiger partial charge >= 0.3 is 0 Å². The molecule has 1 aromatic carbocycles. The van der Waals surface area contributed by atoms with E-state index in [1.54, 1.807) is 7.11 Å². The third-order valence-corrected chi connectivity index (χ3v) is 6.51. The van der Waals surface area contributed by atoms with Crippen LogP contribution in [0, 0.1) is 6.92 Å². The number of rotatable bonds is 6. The standard InChI is InChI=1S/C24H25N3O3S/c1-16-20(14-26-23(28)21-9-6-12-31-21)19-10-11-27(15-18(19)13-25-16)24(29)22(30-2)17-7-4-3-5-8-17/h3-9,12-13,22H,10-11,14-15H2,1-2H3,(H,26,28)/t22-/m1/s1. The molecule has 0 bridgehead atoms. The molecule has 0 aliphatic carbocycles. The molecule has 0 unspecified atom stereocenters. The zero-order valence-corrected chi connectivity index (χ0v) is 18.4. The van der Waals surface area contributed by atoms with Crippen molar-refractivity contribution in [1.82, 2.24) is 15.2 Å². The van der Waals surface area contributed by atoms with Crippen LogP contribution in [0.4, 0.5) is 0 Å². The minimum Gasteiger partial charge on any atom is -0.367 e. The van der Waals surface area contributed by atoms with E-state index in [0.717, 1.165) is 28.8 Å². The Bertz CT molecular complexity index is 1070. The van der Waals surface area contributed by atoms with Gasteiger partial charge < -0.3 is 15.0 Å². The summed E-state index contributed by atoms with van der Waals surface area (Å²) in [6.45, 7) is 3.48. The quantitative estimate of drug-likeness (QED) is 0.642. The van der Waals surface area contributed by atoms with Crippen molar-refractivity contribution in [3.05, 3.63) is 86.9 Å². The summed E-state index contributed by atoms with van der Waals surface area (Å²) in [5, 5.41) is 4.90. The number of hydrogen-bond acceptors (Lipinski definition) is 5. The average molecular weight is 436 g/mol. The highest BCUT2D eigenvalue weighted by molar-refractivity contribution is 7.12. The van der Waals surface area contributed by atoms with E-state index in [9.17, 15) is 9.59 Å². The van der Waals surface area contributed by atoms with Gasteiger partial charge in [0.2, 0.25) is 0 Å². The molecule has 4 rings (SSSR count).